The number of amides is 2. The van der Waals surface area contributed by atoms with Gasteiger partial charge >= 0.3 is 0 Å². The molecule has 0 bridgehead atoms. The molecule has 0 aliphatic carbocycles. The highest BCUT2D eigenvalue weighted by Gasteiger charge is 2.36. The Labute approximate surface area is 132 Å². The van der Waals surface area contributed by atoms with Gasteiger partial charge in [-0.15, -0.1) is 0 Å². The molecule has 1 fully saturated rings. The molecule has 1 saturated heterocycles. The second kappa shape index (κ2) is 10.1. The van der Waals surface area contributed by atoms with E-state index in [0.29, 0.717) is 26.2 Å². The first-order valence-electron chi connectivity index (χ1n) is 7.53. The highest BCUT2D eigenvalue weighted by atomic mass is 31.2. The van der Waals surface area contributed by atoms with Crippen LogP contribution in [0.1, 0.15) is 26.7 Å². The van der Waals surface area contributed by atoms with Crippen molar-refractivity contribution in [1.29, 1.82) is 0 Å². The van der Waals surface area contributed by atoms with Crippen molar-refractivity contribution in [1.82, 2.24) is 10.2 Å². The number of nitrogens with zero attached hydrogens (tertiary/aromatic N) is 1. The molecule has 8 nitrogen and oxygen atoms in total. The molecule has 0 radical (unpaired) electrons. The molecule has 2 atom stereocenters. The maximum absolute atomic E-state index is 12.1. The lowest BCUT2D eigenvalue weighted by molar-refractivity contribution is -0.138. The number of carbonyl (C=O) groups excluding carboxylic acids is 2. The predicted molar refractivity (Wildman–Crippen MR) is 83.0 cm³/mol. The lowest BCUT2D eigenvalue weighted by Gasteiger charge is -2.28. The SMILES string of the molecule is CCOP(CNC(=O)C(O)C1CCCN1C(=O)CN)OCC. The Morgan fingerprint density at radius 1 is 1.41 bits per heavy atom. The summed E-state index contributed by atoms with van der Waals surface area (Å²) in [5.41, 5.74) is 5.35. The standard InChI is InChI=1S/C13H26N3O5P/c1-3-20-22(21-4-2)9-15-13(19)12(18)10-6-5-7-16(10)11(17)8-14/h10,12,18H,3-9,14H2,1-2H3,(H,15,19). The lowest BCUT2D eigenvalue weighted by Crippen LogP contribution is -2.51. The zero-order valence-corrected chi connectivity index (χ0v) is 14.1. The van der Waals surface area contributed by atoms with Crippen LogP contribution in [0.15, 0.2) is 0 Å². The summed E-state index contributed by atoms with van der Waals surface area (Å²) in [6.07, 6.45) is 0.292. The minimum atomic E-state index is -1.27. The molecule has 128 valence electrons. The molecule has 22 heavy (non-hydrogen) atoms. The first kappa shape index (κ1) is 19.3. The number of nitrogens with two attached hydrogens (primary N) is 1. The highest BCUT2D eigenvalue weighted by Crippen LogP contribution is 2.36. The molecular weight excluding hydrogens is 309 g/mol. The van der Waals surface area contributed by atoms with Gasteiger partial charge in [0.25, 0.3) is 5.91 Å². The Morgan fingerprint density at radius 3 is 2.59 bits per heavy atom. The van der Waals surface area contributed by atoms with Gasteiger partial charge in [-0.3, -0.25) is 9.59 Å². The molecule has 0 aromatic carbocycles. The van der Waals surface area contributed by atoms with Crippen molar-refractivity contribution in [3.63, 3.8) is 0 Å². The number of hydrogen-bond donors (Lipinski definition) is 3. The van der Waals surface area contributed by atoms with Crippen LogP contribution in [0, 0.1) is 0 Å². The van der Waals surface area contributed by atoms with Gasteiger partial charge in [0.15, 0.2) is 14.5 Å². The summed E-state index contributed by atoms with van der Waals surface area (Å²) in [4.78, 5) is 25.3. The fourth-order valence-corrected chi connectivity index (χ4v) is 3.50. The zero-order valence-electron chi connectivity index (χ0n) is 13.2. The number of rotatable bonds is 9. The molecule has 0 saturated carbocycles. The second-order valence-electron chi connectivity index (χ2n) is 4.81. The minimum Gasteiger partial charge on any atom is -0.381 e. The van der Waals surface area contributed by atoms with E-state index in [-0.39, 0.29) is 18.7 Å². The van der Waals surface area contributed by atoms with Gasteiger partial charge in [-0.2, -0.15) is 0 Å². The third-order valence-electron chi connectivity index (χ3n) is 3.36. The van der Waals surface area contributed by atoms with Gasteiger partial charge in [0.05, 0.1) is 32.1 Å². The summed E-state index contributed by atoms with van der Waals surface area (Å²) >= 11 is 0. The van der Waals surface area contributed by atoms with Crippen LogP contribution in [0.4, 0.5) is 0 Å². The fraction of sp³-hybridized carbons (Fsp3) is 0.846. The number of aliphatic hydroxyl groups is 1. The Balaban J connectivity index is 2.51. The maximum atomic E-state index is 12.1. The monoisotopic (exact) mass is 335 g/mol. The minimum absolute atomic E-state index is 0.120. The lowest BCUT2D eigenvalue weighted by atomic mass is 10.1. The van der Waals surface area contributed by atoms with Crippen molar-refractivity contribution in [2.75, 3.05) is 32.6 Å². The van der Waals surface area contributed by atoms with Crippen LogP contribution in [-0.4, -0.2) is 66.6 Å². The Kier molecular flexibility index (Phi) is 8.82. The van der Waals surface area contributed by atoms with Crippen molar-refractivity contribution in [2.24, 2.45) is 5.73 Å². The summed E-state index contributed by atoms with van der Waals surface area (Å²) in [7, 11) is -1.20. The van der Waals surface area contributed by atoms with Crippen molar-refractivity contribution in [3.05, 3.63) is 0 Å². The maximum Gasteiger partial charge on any atom is 0.251 e. The number of aliphatic hydroxyl groups excluding tert-OH is 1. The van der Waals surface area contributed by atoms with Crippen LogP contribution >= 0.6 is 8.38 Å². The molecule has 1 heterocycles. The molecule has 0 aromatic rings. The van der Waals surface area contributed by atoms with Gasteiger partial charge in [-0.05, 0) is 26.7 Å². The summed E-state index contributed by atoms with van der Waals surface area (Å²) in [6.45, 7) is 5.08. The molecular formula is C13H26N3O5P. The van der Waals surface area contributed by atoms with Gasteiger partial charge in [-0.1, -0.05) is 0 Å². The number of likely N-dealkylation sites (tertiary alicyclic amines) is 1. The van der Waals surface area contributed by atoms with Crippen LogP contribution in [0.5, 0.6) is 0 Å². The molecule has 1 aliphatic heterocycles. The molecule has 2 unspecified atom stereocenters. The number of hydrogen-bond acceptors (Lipinski definition) is 6. The topological polar surface area (TPSA) is 114 Å². The summed E-state index contributed by atoms with van der Waals surface area (Å²) < 4.78 is 10.8. The van der Waals surface area contributed by atoms with E-state index in [0.717, 1.165) is 6.42 Å². The van der Waals surface area contributed by atoms with E-state index < -0.39 is 26.4 Å². The average Bonchev–Trinajstić information content (AvgIpc) is 3.00. The number of carbonyl (C=O) groups is 2. The van der Waals surface area contributed by atoms with Crippen LogP contribution in [0.25, 0.3) is 0 Å². The number of nitrogens with one attached hydrogen (secondary N) is 1. The Bertz CT molecular complexity index is 366. The largest absolute Gasteiger partial charge is 0.381 e. The predicted octanol–water partition coefficient (Wildman–Crippen LogP) is -0.244. The molecule has 0 aromatic heterocycles. The Hall–Kier alpha value is -0.790. The van der Waals surface area contributed by atoms with Gasteiger partial charge in [0, 0.05) is 6.54 Å². The molecule has 2 amide bonds. The first-order chi connectivity index (χ1) is 10.5. The van der Waals surface area contributed by atoms with E-state index in [9.17, 15) is 14.7 Å². The second-order valence-corrected chi connectivity index (χ2v) is 6.31. The van der Waals surface area contributed by atoms with Crippen molar-refractivity contribution < 1.29 is 23.7 Å². The fourth-order valence-electron chi connectivity index (χ4n) is 2.39. The van der Waals surface area contributed by atoms with E-state index in [1.54, 1.807) is 0 Å². The average molecular weight is 335 g/mol. The van der Waals surface area contributed by atoms with Crippen molar-refractivity contribution in [2.45, 2.75) is 38.8 Å². The first-order valence-corrected chi connectivity index (χ1v) is 8.90. The summed E-state index contributed by atoms with van der Waals surface area (Å²) in [6, 6.07) is -0.513. The highest BCUT2D eigenvalue weighted by molar-refractivity contribution is 7.47. The smallest absolute Gasteiger partial charge is 0.251 e. The molecule has 0 spiro atoms. The van der Waals surface area contributed by atoms with E-state index in [4.69, 9.17) is 14.8 Å². The van der Waals surface area contributed by atoms with Gasteiger partial charge < -0.3 is 30.1 Å². The quantitative estimate of drug-likeness (QED) is 0.501. The van der Waals surface area contributed by atoms with Crippen LogP contribution in [0.3, 0.4) is 0 Å². The van der Waals surface area contributed by atoms with Gasteiger partial charge in [0.1, 0.15) is 0 Å². The molecule has 1 rings (SSSR count). The normalized spacial score (nSPS) is 19.5. The third-order valence-corrected chi connectivity index (χ3v) is 4.86. The van der Waals surface area contributed by atoms with Crippen molar-refractivity contribution >= 4 is 20.2 Å². The van der Waals surface area contributed by atoms with Gasteiger partial charge in [0.2, 0.25) is 5.91 Å². The van der Waals surface area contributed by atoms with E-state index in [1.807, 2.05) is 13.8 Å². The van der Waals surface area contributed by atoms with E-state index >= 15 is 0 Å². The van der Waals surface area contributed by atoms with E-state index in [2.05, 4.69) is 5.32 Å². The molecule has 1 aliphatic rings. The molecule has 4 N–H and O–H groups in total. The van der Waals surface area contributed by atoms with Crippen LogP contribution < -0.4 is 11.1 Å². The molecule has 9 heteroatoms. The Morgan fingerprint density at radius 2 is 2.05 bits per heavy atom. The van der Waals surface area contributed by atoms with Crippen LogP contribution in [-0.2, 0) is 18.6 Å². The third kappa shape index (κ3) is 5.44. The summed E-state index contributed by atoms with van der Waals surface area (Å²) in [5.74, 6) is -0.770. The van der Waals surface area contributed by atoms with Gasteiger partial charge in [-0.25, -0.2) is 0 Å². The van der Waals surface area contributed by atoms with Crippen molar-refractivity contribution in [3.8, 4) is 0 Å². The van der Waals surface area contributed by atoms with E-state index in [1.165, 1.54) is 4.90 Å². The zero-order chi connectivity index (χ0) is 16.5. The van der Waals surface area contributed by atoms with Crippen LogP contribution in [0.2, 0.25) is 0 Å². The summed E-state index contributed by atoms with van der Waals surface area (Å²) in [5, 5.41) is 12.8.